The van der Waals surface area contributed by atoms with E-state index >= 15 is 0 Å². The summed E-state index contributed by atoms with van der Waals surface area (Å²) < 4.78 is 0. The van der Waals surface area contributed by atoms with Crippen molar-refractivity contribution in [3.63, 3.8) is 0 Å². The molecule has 0 aromatic heterocycles. The molecule has 2 aliphatic rings. The number of nitrogens with one attached hydrogen (secondary N) is 1. The average molecular weight is 125 g/mol. The first-order valence-electron chi connectivity index (χ1n) is 4.17. The van der Waals surface area contributed by atoms with Gasteiger partial charge in [-0.15, -0.1) is 0 Å². The zero-order valence-electron chi connectivity index (χ0n) is 5.90. The van der Waals surface area contributed by atoms with E-state index in [1.165, 1.54) is 38.8 Å². The van der Waals surface area contributed by atoms with E-state index in [9.17, 15) is 0 Å². The van der Waals surface area contributed by atoms with E-state index < -0.39 is 0 Å². The lowest BCUT2D eigenvalue weighted by Crippen LogP contribution is -2.24. The van der Waals surface area contributed by atoms with Crippen LogP contribution in [0.2, 0.25) is 0 Å². The number of rotatable bonds is 0. The molecule has 0 radical (unpaired) electrons. The molecule has 2 fully saturated rings. The summed E-state index contributed by atoms with van der Waals surface area (Å²) >= 11 is 0. The van der Waals surface area contributed by atoms with Crippen LogP contribution in [-0.4, -0.2) is 13.1 Å². The van der Waals surface area contributed by atoms with Gasteiger partial charge in [-0.3, -0.25) is 0 Å². The predicted octanol–water partition coefficient (Wildman–Crippen LogP) is 1.40. The van der Waals surface area contributed by atoms with Gasteiger partial charge in [0.25, 0.3) is 0 Å². The number of hydrogen-bond acceptors (Lipinski definition) is 1. The molecule has 1 nitrogen and oxygen atoms in total. The summed E-state index contributed by atoms with van der Waals surface area (Å²) in [5.74, 6) is 2.22. The normalized spacial score (nSPS) is 42.7. The summed E-state index contributed by atoms with van der Waals surface area (Å²) in [7, 11) is 0. The fourth-order valence-corrected chi connectivity index (χ4v) is 2.10. The van der Waals surface area contributed by atoms with Crippen LogP contribution < -0.4 is 5.32 Å². The third kappa shape index (κ3) is 0.983. The van der Waals surface area contributed by atoms with Gasteiger partial charge in [0, 0.05) is 0 Å². The summed E-state index contributed by atoms with van der Waals surface area (Å²) in [6.07, 6.45) is 5.94. The second-order valence-corrected chi connectivity index (χ2v) is 3.42. The van der Waals surface area contributed by atoms with Crippen molar-refractivity contribution in [1.29, 1.82) is 0 Å². The molecular weight excluding hydrogens is 110 g/mol. The van der Waals surface area contributed by atoms with E-state index in [0.717, 1.165) is 11.8 Å². The van der Waals surface area contributed by atoms with E-state index in [2.05, 4.69) is 5.32 Å². The molecule has 2 unspecified atom stereocenters. The van der Waals surface area contributed by atoms with Crippen LogP contribution in [-0.2, 0) is 0 Å². The third-order valence-electron chi connectivity index (χ3n) is 2.96. The highest BCUT2D eigenvalue weighted by atomic mass is 14.9. The topological polar surface area (TPSA) is 12.0 Å². The Morgan fingerprint density at radius 3 is 1.78 bits per heavy atom. The Labute approximate surface area is 56.8 Å². The molecular formula is C8H15N. The van der Waals surface area contributed by atoms with Gasteiger partial charge in [0.1, 0.15) is 0 Å². The smallest absolute Gasteiger partial charge is 0.00462 e. The lowest BCUT2D eigenvalue weighted by atomic mass is 9.71. The first-order valence-corrected chi connectivity index (χ1v) is 4.17. The van der Waals surface area contributed by atoms with Gasteiger partial charge in [0.15, 0.2) is 0 Å². The van der Waals surface area contributed by atoms with Crippen LogP contribution in [0.1, 0.15) is 25.7 Å². The minimum atomic E-state index is 1.11. The van der Waals surface area contributed by atoms with Crippen molar-refractivity contribution in [3.05, 3.63) is 0 Å². The van der Waals surface area contributed by atoms with Gasteiger partial charge in [-0.1, -0.05) is 0 Å². The number of hydrogen-bond donors (Lipinski definition) is 1. The summed E-state index contributed by atoms with van der Waals surface area (Å²) in [6.45, 7) is 2.56. The Hall–Kier alpha value is -0.0400. The van der Waals surface area contributed by atoms with Gasteiger partial charge in [-0.25, -0.2) is 0 Å². The second-order valence-electron chi connectivity index (χ2n) is 3.42. The van der Waals surface area contributed by atoms with Crippen LogP contribution in [0, 0.1) is 11.8 Å². The molecule has 52 valence electrons. The fourth-order valence-electron chi connectivity index (χ4n) is 2.10. The average Bonchev–Trinajstić information content (AvgIpc) is 1.94. The molecule has 0 bridgehead atoms. The molecule has 1 saturated carbocycles. The van der Waals surface area contributed by atoms with Crippen molar-refractivity contribution < 1.29 is 0 Å². The maximum Gasteiger partial charge on any atom is -0.00462 e. The van der Waals surface area contributed by atoms with Gasteiger partial charge in [-0.05, 0) is 50.6 Å². The molecule has 9 heavy (non-hydrogen) atoms. The van der Waals surface area contributed by atoms with Crippen LogP contribution in [0.15, 0.2) is 0 Å². The van der Waals surface area contributed by atoms with E-state index in [1.807, 2.05) is 0 Å². The monoisotopic (exact) mass is 125 g/mol. The lowest BCUT2D eigenvalue weighted by Gasteiger charge is -2.34. The molecule has 1 aliphatic carbocycles. The molecule has 1 N–H and O–H groups in total. The first-order chi connectivity index (χ1) is 4.47. The third-order valence-corrected chi connectivity index (χ3v) is 2.96. The highest BCUT2D eigenvalue weighted by Crippen LogP contribution is 2.39. The van der Waals surface area contributed by atoms with E-state index in [4.69, 9.17) is 0 Å². The molecule has 0 aromatic carbocycles. The largest absolute Gasteiger partial charge is 0.317 e. The molecule has 1 heteroatoms. The zero-order valence-corrected chi connectivity index (χ0v) is 5.90. The van der Waals surface area contributed by atoms with Crippen molar-refractivity contribution in [3.8, 4) is 0 Å². The van der Waals surface area contributed by atoms with Gasteiger partial charge in [0.2, 0.25) is 0 Å². The van der Waals surface area contributed by atoms with Crippen LogP contribution in [0.4, 0.5) is 0 Å². The van der Waals surface area contributed by atoms with Crippen molar-refractivity contribution in [2.75, 3.05) is 13.1 Å². The maximum atomic E-state index is 3.45. The van der Waals surface area contributed by atoms with Gasteiger partial charge < -0.3 is 5.32 Å². The van der Waals surface area contributed by atoms with Crippen molar-refractivity contribution in [2.24, 2.45) is 11.8 Å². The van der Waals surface area contributed by atoms with Crippen LogP contribution in [0.5, 0.6) is 0 Å². The maximum absolute atomic E-state index is 3.45. The van der Waals surface area contributed by atoms with Gasteiger partial charge in [0.05, 0.1) is 0 Å². The summed E-state index contributed by atoms with van der Waals surface area (Å²) in [5, 5.41) is 3.45. The Kier molecular flexibility index (Phi) is 1.46. The Balaban J connectivity index is 1.90. The SMILES string of the molecule is C1CC2CCC2CCN1. The van der Waals surface area contributed by atoms with Gasteiger partial charge >= 0.3 is 0 Å². The van der Waals surface area contributed by atoms with Crippen molar-refractivity contribution >= 4 is 0 Å². The van der Waals surface area contributed by atoms with Crippen LogP contribution in [0.25, 0.3) is 0 Å². The van der Waals surface area contributed by atoms with Crippen LogP contribution >= 0.6 is 0 Å². The highest BCUT2D eigenvalue weighted by molar-refractivity contribution is 4.83. The molecule has 0 aromatic rings. The molecule has 1 heterocycles. The Morgan fingerprint density at radius 1 is 0.778 bits per heavy atom. The summed E-state index contributed by atoms with van der Waals surface area (Å²) in [6, 6.07) is 0. The minimum absolute atomic E-state index is 1.11. The predicted molar refractivity (Wildman–Crippen MR) is 38.3 cm³/mol. The van der Waals surface area contributed by atoms with E-state index in [-0.39, 0.29) is 0 Å². The van der Waals surface area contributed by atoms with E-state index in [0.29, 0.717) is 0 Å². The summed E-state index contributed by atoms with van der Waals surface area (Å²) in [5.41, 5.74) is 0. The molecule has 2 atom stereocenters. The van der Waals surface area contributed by atoms with Crippen molar-refractivity contribution in [1.82, 2.24) is 5.32 Å². The fraction of sp³-hybridized carbons (Fsp3) is 1.00. The molecule has 2 rings (SSSR count). The highest BCUT2D eigenvalue weighted by Gasteiger charge is 2.30. The standard InChI is InChI=1S/C8H15N/c1-2-8-4-6-9-5-3-7(1)8/h7-9H,1-6H2. The quantitative estimate of drug-likeness (QED) is 0.516. The molecule has 0 amide bonds. The van der Waals surface area contributed by atoms with Crippen molar-refractivity contribution in [2.45, 2.75) is 25.7 Å². The molecule has 1 saturated heterocycles. The Morgan fingerprint density at radius 2 is 1.33 bits per heavy atom. The second kappa shape index (κ2) is 2.30. The Bertz CT molecular complexity index is 88.7. The molecule has 0 spiro atoms. The van der Waals surface area contributed by atoms with Gasteiger partial charge in [-0.2, -0.15) is 0 Å². The zero-order chi connectivity index (χ0) is 6.10. The first kappa shape index (κ1) is 5.72. The number of fused-ring (bicyclic) bond motifs is 1. The van der Waals surface area contributed by atoms with E-state index in [1.54, 1.807) is 0 Å². The minimum Gasteiger partial charge on any atom is -0.317 e. The molecule has 1 aliphatic heterocycles. The summed E-state index contributed by atoms with van der Waals surface area (Å²) in [4.78, 5) is 0. The van der Waals surface area contributed by atoms with Crippen LogP contribution in [0.3, 0.4) is 0 Å². The lowest BCUT2D eigenvalue weighted by molar-refractivity contribution is 0.171.